The number of fused-ring (bicyclic) bond motifs is 1. The third-order valence-corrected chi connectivity index (χ3v) is 8.56. The van der Waals surface area contributed by atoms with Gasteiger partial charge in [0.25, 0.3) is 0 Å². The van der Waals surface area contributed by atoms with Gasteiger partial charge in [-0.05, 0) is 48.2 Å². The molecular weight excluding hydrogens is 618 g/mol. The van der Waals surface area contributed by atoms with Crippen LogP contribution in [0.25, 0.3) is 33.2 Å². The van der Waals surface area contributed by atoms with Crippen LogP contribution in [0, 0.1) is 5.82 Å². The normalized spacial score (nSPS) is 14.6. The van der Waals surface area contributed by atoms with Crippen LogP contribution in [0.4, 0.5) is 29.1 Å². The Balaban J connectivity index is 1.37. The molecule has 1 fully saturated rings. The molecule has 0 spiro atoms. The van der Waals surface area contributed by atoms with Gasteiger partial charge in [-0.2, -0.15) is 18.3 Å². The highest BCUT2D eigenvalue weighted by atomic mass is 32.2. The molecule has 0 bridgehead atoms. The Morgan fingerprint density at radius 2 is 1.80 bits per heavy atom. The summed E-state index contributed by atoms with van der Waals surface area (Å²) in [4.78, 5) is 4.37. The van der Waals surface area contributed by atoms with E-state index in [1.165, 1.54) is 48.7 Å². The fourth-order valence-corrected chi connectivity index (χ4v) is 6.17. The monoisotopic (exact) mass is 645 g/mol. The first kappa shape index (κ1) is 30.4. The molecule has 0 saturated carbocycles. The lowest BCUT2D eigenvalue weighted by Crippen LogP contribution is -2.28. The molecule has 5 aromatic rings. The number of nitrogens with two attached hydrogens (primary N) is 1. The lowest BCUT2D eigenvalue weighted by Gasteiger charge is -2.22. The predicted octanol–water partition coefficient (Wildman–Crippen LogP) is 6.31. The van der Waals surface area contributed by atoms with E-state index in [4.69, 9.17) is 19.6 Å². The number of pyridine rings is 1. The number of aromatic nitrogens is 3. The van der Waals surface area contributed by atoms with Gasteiger partial charge in [-0.3, -0.25) is 9.40 Å². The molecule has 2 aromatic carbocycles. The molecule has 6 rings (SSSR count). The van der Waals surface area contributed by atoms with E-state index in [-0.39, 0.29) is 29.9 Å². The lowest BCUT2D eigenvalue weighted by molar-refractivity contribution is -0.106. The van der Waals surface area contributed by atoms with E-state index in [1.807, 2.05) is 15.6 Å². The number of sulfonamides is 1. The highest BCUT2D eigenvalue weighted by Gasteiger charge is 2.35. The number of halogens is 4. The summed E-state index contributed by atoms with van der Waals surface area (Å²) < 4.78 is 97.9. The predicted molar refractivity (Wildman–Crippen MR) is 158 cm³/mol. The van der Waals surface area contributed by atoms with Gasteiger partial charge >= 0.3 is 6.18 Å². The maximum Gasteiger partial charge on any atom is 0.404 e. The molecule has 1 aliphatic rings. The Kier molecular flexibility index (Phi) is 8.14. The van der Waals surface area contributed by atoms with Gasteiger partial charge in [0.2, 0.25) is 10.0 Å². The van der Waals surface area contributed by atoms with E-state index in [0.717, 1.165) is 18.4 Å². The van der Waals surface area contributed by atoms with Gasteiger partial charge in [0, 0.05) is 42.3 Å². The maximum atomic E-state index is 13.4. The SMILES string of the molecule is Nc1ncc(-c2cnn(C3CCOCC3)c2)c2occ(-c3ccc(NS(=O)(=O)CC(F)(F)F)c(OCc4ccc(F)cc4)c3)c12. The van der Waals surface area contributed by atoms with E-state index >= 15 is 0 Å². The van der Waals surface area contributed by atoms with Crippen LogP contribution in [-0.4, -0.2) is 48.3 Å². The van der Waals surface area contributed by atoms with Gasteiger partial charge in [0.15, 0.2) is 5.75 Å². The topological polar surface area (TPSA) is 134 Å². The van der Waals surface area contributed by atoms with Crippen LogP contribution >= 0.6 is 0 Å². The Bertz CT molecular complexity index is 1930. The van der Waals surface area contributed by atoms with Crippen LogP contribution in [0.5, 0.6) is 5.75 Å². The number of nitrogen functional groups attached to an aromatic ring is 1. The van der Waals surface area contributed by atoms with E-state index in [9.17, 15) is 26.0 Å². The molecule has 45 heavy (non-hydrogen) atoms. The maximum absolute atomic E-state index is 13.4. The zero-order chi connectivity index (χ0) is 31.8. The Hall–Kier alpha value is -4.63. The van der Waals surface area contributed by atoms with Crippen molar-refractivity contribution in [3.63, 3.8) is 0 Å². The van der Waals surface area contributed by atoms with Crippen molar-refractivity contribution >= 4 is 32.5 Å². The van der Waals surface area contributed by atoms with Gasteiger partial charge < -0.3 is 19.6 Å². The van der Waals surface area contributed by atoms with Crippen molar-refractivity contribution in [3.05, 3.63) is 78.7 Å². The molecule has 0 radical (unpaired) electrons. The van der Waals surface area contributed by atoms with Crippen LogP contribution in [0.2, 0.25) is 0 Å². The second kappa shape index (κ2) is 12.0. The molecule has 236 valence electrons. The third kappa shape index (κ3) is 6.88. The summed E-state index contributed by atoms with van der Waals surface area (Å²) in [7, 11) is -4.82. The summed E-state index contributed by atoms with van der Waals surface area (Å²) >= 11 is 0. The van der Waals surface area contributed by atoms with Crippen molar-refractivity contribution in [3.8, 4) is 28.0 Å². The minimum absolute atomic E-state index is 0.0719. The van der Waals surface area contributed by atoms with Crippen LogP contribution in [-0.2, 0) is 21.4 Å². The van der Waals surface area contributed by atoms with Crippen molar-refractivity contribution in [2.45, 2.75) is 31.7 Å². The molecule has 3 aromatic heterocycles. The summed E-state index contributed by atoms with van der Waals surface area (Å²) in [5, 5.41) is 5.00. The molecular formula is C30H27F4N5O5S. The number of furan rings is 1. The van der Waals surface area contributed by atoms with E-state index < -0.39 is 27.8 Å². The van der Waals surface area contributed by atoms with Gasteiger partial charge in [0.05, 0.1) is 29.6 Å². The molecule has 0 aliphatic carbocycles. The van der Waals surface area contributed by atoms with Crippen molar-refractivity contribution in [2.75, 3.05) is 29.4 Å². The molecule has 0 unspecified atom stereocenters. The van der Waals surface area contributed by atoms with Crippen LogP contribution < -0.4 is 15.2 Å². The number of anilines is 2. The molecule has 1 saturated heterocycles. The van der Waals surface area contributed by atoms with E-state index in [1.54, 1.807) is 12.4 Å². The summed E-state index contributed by atoms with van der Waals surface area (Å²) in [6, 6.07) is 9.82. The Morgan fingerprint density at radius 1 is 1.04 bits per heavy atom. The minimum atomic E-state index is -4.96. The van der Waals surface area contributed by atoms with Crippen LogP contribution in [0.1, 0.15) is 24.4 Å². The van der Waals surface area contributed by atoms with Crippen molar-refractivity contribution in [1.82, 2.24) is 14.8 Å². The number of hydrogen-bond acceptors (Lipinski definition) is 8. The highest BCUT2D eigenvalue weighted by Crippen LogP contribution is 2.41. The van der Waals surface area contributed by atoms with Crippen molar-refractivity contribution < 1.29 is 39.9 Å². The van der Waals surface area contributed by atoms with Gasteiger partial charge in [-0.1, -0.05) is 18.2 Å². The van der Waals surface area contributed by atoms with E-state index in [2.05, 4.69) is 10.1 Å². The second-order valence-electron chi connectivity index (χ2n) is 10.6. The second-order valence-corrected chi connectivity index (χ2v) is 12.3. The first-order valence-electron chi connectivity index (χ1n) is 13.8. The summed E-state index contributed by atoms with van der Waals surface area (Å²) in [5.41, 5.74) is 9.42. The number of nitrogens with zero attached hydrogens (tertiary/aromatic N) is 3. The highest BCUT2D eigenvalue weighted by molar-refractivity contribution is 7.92. The fourth-order valence-electron chi connectivity index (χ4n) is 5.17. The molecule has 0 amide bonds. The smallest absolute Gasteiger partial charge is 0.404 e. The number of hydrogen-bond donors (Lipinski definition) is 2. The molecule has 10 nitrogen and oxygen atoms in total. The summed E-state index contributed by atoms with van der Waals surface area (Å²) in [6.07, 6.45) is 3.40. The third-order valence-electron chi connectivity index (χ3n) is 7.32. The number of rotatable bonds is 9. The standard InChI is InChI=1S/C30H27F4N5O5S/c31-21-4-1-18(2-5-21)15-43-26-11-19(3-6-25(26)38-45(40,41)17-30(32,33)34)24-16-44-28-23(13-36-29(35)27(24)28)20-12-37-39(14-20)22-7-9-42-10-8-22/h1-6,11-14,16,22,38H,7-10,15,17H2,(H2,35,36). The van der Waals surface area contributed by atoms with Crippen LogP contribution in [0.15, 0.2) is 71.7 Å². The van der Waals surface area contributed by atoms with Gasteiger partial charge in [-0.15, -0.1) is 0 Å². The molecule has 15 heteroatoms. The summed E-state index contributed by atoms with van der Waals surface area (Å²) in [5.74, 6) is -2.45. The van der Waals surface area contributed by atoms with Gasteiger partial charge in [0.1, 0.15) is 29.6 Å². The molecule has 4 heterocycles. The zero-order valence-corrected chi connectivity index (χ0v) is 24.4. The molecule has 1 aliphatic heterocycles. The number of nitrogens with one attached hydrogen (secondary N) is 1. The molecule has 3 N–H and O–H groups in total. The number of ether oxygens (including phenoxy) is 2. The largest absolute Gasteiger partial charge is 0.487 e. The van der Waals surface area contributed by atoms with Crippen molar-refractivity contribution in [1.29, 1.82) is 0 Å². The van der Waals surface area contributed by atoms with Gasteiger partial charge in [-0.25, -0.2) is 17.8 Å². The number of benzene rings is 2. The van der Waals surface area contributed by atoms with Crippen molar-refractivity contribution in [2.24, 2.45) is 0 Å². The average Bonchev–Trinajstić information content (AvgIpc) is 3.66. The first-order valence-corrected chi connectivity index (χ1v) is 15.5. The Labute approximate surface area is 254 Å². The lowest BCUT2D eigenvalue weighted by atomic mass is 10.0. The molecule has 0 atom stereocenters. The van der Waals surface area contributed by atoms with E-state index in [0.29, 0.717) is 46.4 Å². The minimum Gasteiger partial charge on any atom is -0.487 e. The average molecular weight is 646 g/mol. The summed E-state index contributed by atoms with van der Waals surface area (Å²) in [6.45, 7) is 1.19. The first-order chi connectivity index (χ1) is 21.5. The fraction of sp³-hybridized carbons (Fsp3) is 0.267. The Morgan fingerprint density at radius 3 is 2.53 bits per heavy atom. The quantitative estimate of drug-likeness (QED) is 0.178. The number of alkyl halides is 3. The van der Waals surface area contributed by atoms with Crippen LogP contribution in [0.3, 0.4) is 0 Å². The zero-order valence-electron chi connectivity index (χ0n) is 23.6.